The predicted octanol–water partition coefficient (Wildman–Crippen LogP) is 4.67. The number of carbonyl (C=O) groups is 1. The number of nitrogens with zero attached hydrogens (tertiary/aromatic N) is 1. The SMILES string of the molecule is CC1=C(/C=C/C(C)=C/C=C/C(C)=C/C(=O)O)[C@](C)(N2CCOCC2)CCC1. The zero-order chi connectivity index (χ0) is 19.9. The first-order valence-corrected chi connectivity index (χ1v) is 9.80. The van der Waals surface area contributed by atoms with Gasteiger partial charge in [0.15, 0.2) is 0 Å². The van der Waals surface area contributed by atoms with Crippen LogP contribution in [-0.2, 0) is 9.53 Å². The molecule has 1 N–H and O–H groups in total. The van der Waals surface area contributed by atoms with E-state index in [4.69, 9.17) is 9.84 Å². The second-order valence-electron chi connectivity index (χ2n) is 7.75. The molecule has 148 valence electrons. The summed E-state index contributed by atoms with van der Waals surface area (Å²) < 4.78 is 5.55. The summed E-state index contributed by atoms with van der Waals surface area (Å²) in [5.74, 6) is -0.917. The van der Waals surface area contributed by atoms with Crippen molar-refractivity contribution in [3.05, 3.63) is 58.7 Å². The van der Waals surface area contributed by atoms with Crippen LogP contribution in [0.4, 0.5) is 0 Å². The summed E-state index contributed by atoms with van der Waals surface area (Å²) in [5.41, 5.74) is 4.87. The van der Waals surface area contributed by atoms with Gasteiger partial charge in [0.25, 0.3) is 0 Å². The first-order valence-electron chi connectivity index (χ1n) is 9.80. The van der Waals surface area contributed by atoms with Gasteiger partial charge >= 0.3 is 5.97 Å². The second kappa shape index (κ2) is 9.86. The summed E-state index contributed by atoms with van der Waals surface area (Å²) in [6.07, 6.45) is 15.0. The number of allylic oxidation sites excluding steroid dienone is 7. The van der Waals surface area contributed by atoms with Crippen LogP contribution in [0.15, 0.2) is 58.7 Å². The molecule has 1 aliphatic heterocycles. The van der Waals surface area contributed by atoms with Crippen LogP contribution in [0.2, 0.25) is 0 Å². The highest BCUT2D eigenvalue weighted by Gasteiger charge is 2.37. The molecule has 1 atom stereocenters. The van der Waals surface area contributed by atoms with Crippen molar-refractivity contribution in [1.82, 2.24) is 4.90 Å². The maximum atomic E-state index is 10.7. The molecular weight excluding hydrogens is 338 g/mol. The third-order valence-corrected chi connectivity index (χ3v) is 5.55. The Morgan fingerprint density at radius 1 is 1.19 bits per heavy atom. The molecule has 0 saturated carbocycles. The Morgan fingerprint density at radius 3 is 2.56 bits per heavy atom. The average molecular weight is 372 g/mol. The van der Waals surface area contributed by atoms with E-state index < -0.39 is 5.97 Å². The van der Waals surface area contributed by atoms with E-state index in [0.29, 0.717) is 0 Å². The molecule has 1 fully saturated rings. The minimum absolute atomic E-state index is 0.0829. The molecule has 0 aromatic heterocycles. The fourth-order valence-corrected chi connectivity index (χ4v) is 4.00. The topological polar surface area (TPSA) is 49.8 Å². The molecule has 27 heavy (non-hydrogen) atoms. The number of carboxylic acids is 1. The third kappa shape index (κ3) is 6.05. The summed E-state index contributed by atoms with van der Waals surface area (Å²) in [6, 6.07) is 0. The summed E-state index contributed by atoms with van der Waals surface area (Å²) in [5, 5.41) is 8.75. The first-order chi connectivity index (χ1) is 12.8. The Kier molecular flexibility index (Phi) is 7.81. The molecule has 0 unspecified atom stereocenters. The maximum Gasteiger partial charge on any atom is 0.328 e. The van der Waals surface area contributed by atoms with Crippen molar-refractivity contribution in [3.8, 4) is 0 Å². The second-order valence-corrected chi connectivity index (χ2v) is 7.75. The van der Waals surface area contributed by atoms with E-state index in [0.717, 1.165) is 37.4 Å². The Labute approximate surface area is 163 Å². The Balaban J connectivity index is 2.15. The zero-order valence-electron chi connectivity index (χ0n) is 17.1. The lowest BCUT2D eigenvalue weighted by Gasteiger charge is -2.47. The average Bonchev–Trinajstić information content (AvgIpc) is 2.61. The van der Waals surface area contributed by atoms with Gasteiger partial charge in [-0.05, 0) is 58.1 Å². The van der Waals surface area contributed by atoms with E-state index in [2.05, 4.69) is 37.8 Å². The van der Waals surface area contributed by atoms with Crippen LogP contribution in [0.5, 0.6) is 0 Å². The van der Waals surface area contributed by atoms with Gasteiger partial charge in [-0.3, -0.25) is 4.90 Å². The summed E-state index contributed by atoms with van der Waals surface area (Å²) in [4.78, 5) is 13.2. The Hall–Kier alpha value is -1.91. The van der Waals surface area contributed by atoms with Crippen LogP contribution < -0.4 is 0 Å². The largest absolute Gasteiger partial charge is 0.478 e. The molecule has 0 spiro atoms. The van der Waals surface area contributed by atoms with Gasteiger partial charge in [-0.25, -0.2) is 4.79 Å². The molecule has 1 saturated heterocycles. The minimum Gasteiger partial charge on any atom is -0.478 e. The molecule has 0 radical (unpaired) electrons. The van der Waals surface area contributed by atoms with Crippen LogP contribution in [0, 0.1) is 0 Å². The van der Waals surface area contributed by atoms with Crippen LogP contribution in [0.1, 0.15) is 47.0 Å². The minimum atomic E-state index is -0.917. The van der Waals surface area contributed by atoms with Gasteiger partial charge in [0, 0.05) is 24.7 Å². The van der Waals surface area contributed by atoms with Gasteiger partial charge in [-0.1, -0.05) is 41.5 Å². The Bertz CT molecular complexity index is 690. The number of rotatable bonds is 6. The molecule has 4 heteroatoms. The standard InChI is InChI=1S/C23H33NO3/c1-18(7-5-8-19(2)17-22(25)26)10-11-21-20(3)9-6-12-23(21,4)24-13-15-27-16-14-24/h5,7-8,10-11,17H,6,9,12-16H2,1-4H3,(H,25,26)/b8-5+,11-10+,18-7+,19-17+/t23-/m1/s1. The van der Waals surface area contributed by atoms with Gasteiger partial charge in [0.1, 0.15) is 0 Å². The predicted molar refractivity (Wildman–Crippen MR) is 111 cm³/mol. The van der Waals surface area contributed by atoms with E-state index in [9.17, 15) is 4.79 Å². The molecular formula is C23H33NO3. The van der Waals surface area contributed by atoms with E-state index in [1.807, 2.05) is 18.2 Å². The molecule has 0 amide bonds. The van der Waals surface area contributed by atoms with Crippen LogP contribution >= 0.6 is 0 Å². The number of carboxylic acid groups (broad SMARTS) is 1. The van der Waals surface area contributed by atoms with E-state index >= 15 is 0 Å². The number of morpholine rings is 1. The molecule has 1 aliphatic carbocycles. The van der Waals surface area contributed by atoms with Crippen LogP contribution in [-0.4, -0.2) is 47.8 Å². The number of hydrogen-bond acceptors (Lipinski definition) is 3. The fourth-order valence-electron chi connectivity index (χ4n) is 4.00. The van der Waals surface area contributed by atoms with Crippen molar-refractivity contribution in [1.29, 1.82) is 0 Å². The zero-order valence-corrected chi connectivity index (χ0v) is 17.1. The van der Waals surface area contributed by atoms with Crippen molar-refractivity contribution >= 4 is 5.97 Å². The first kappa shape index (κ1) is 21.4. The van der Waals surface area contributed by atoms with Gasteiger partial charge in [-0.2, -0.15) is 0 Å². The quantitative estimate of drug-likeness (QED) is 0.545. The maximum absolute atomic E-state index is 10.7. The smallest absolute Gasteiger partial charge is 0.328 e. The van der Waals surface area contributed by atoms with Crippen molar-refractivity contribution in [2.45, 2.75) is 52.5 Å². The number of hydrogen-bond donors (Lipinski definition) is 1. The molecule has 1 heterocycles. The Morgan fingerprint density at radius 2 is 1.89 bits per heavy atom. The molecule has 0 aromatic rings. The lowest BCUT2D eigenvalue weighted by atomic mass is 9.76. The molecule has 2 aliphatic rings. The van der Waals surface area contributed by atoms with Crippen molar-refractivity contribution in [3.63, 3.8) is 0 Å². The fraction of sp³-hybridized carbons (Fsp3) is 0.522. The summed E-state index contributed by atoms with van der Waals surface area (Å²) >= 11 is 0. The highest BCUT2D eigenvalue weighted by atomic mass is 16.5. The summed E-state index contributed by atoms with van der Waals surface area (Å²) in [6.45, 7) is 12.1. The van der Waals surface area contributed by atoms with Gasteiger partial charge in [-0.15, -0.1) is 0 Å². The third-order valence-electron chi connectivity index (χ3n) is 5.55. The van der Waals surface area contributed by atoms with E-state index in [1.54, 1.807) is 6.92 Å². The lowest BCUT2D eigenvalue weighted by Crippen LogP contribution is -2.53. The van der Waals surface area contributed by atoms with E-state index in [-0.39, 0.29) is 5.54 Å². The van der Waals surface area contributed by atoms with E-state index in [1.165, 1.54) is 36.5 Å². The highest BCUT2D eigenvalue weighted by molar-refractivity contribution is 5.81. The molecule has 0 bridgehead atoms. The van der Waals surface area contributed by atoms with Crippen molar-refractivity contribution < 1.29 is 14.6 Å². The number of ether oxygens (including phenoxy) is 1. The van der Waals surface area contributed by atoms with Gasteiger partial charge < -0.3 is 9.84 Å². The molecule has 4 nitrogen and oxygen atoms in total. The monoisotopic (exact) mass is 371 g/mol. The lowest BCUT2D eigenvalue weighted by molar-refractivity contribution is -0.131. The molecule has 0 aromatic carbocycles. The summed E-state index contributed by atoms with van der Waals surface area (Å²) in [7, 11) is 0. The van der Waals surface area contributed by atoms with Crippen LogP contribution in [0.3, 0.4) is 0 Å². The van der Waals surface area contributed by atoms with Gasteiger partial charge in [0.2, 0.25) is 0 Å². The van der Waals surface area contributed by atoms with Crippen molar-refractivity contribution in [2.75, 3.05) is 26.3 Å². The van der Waals surface area contributed by atoms with Gasteiger partial charge in [0.05, 0.1) is 13.2 Å². The van der Waals surface area contributed by atoms with Crippen LogP contribution in [0.25, 0.3) is 0 Å². The molecule has 2 rings (SSSR count). The van der Waals surface area contributed by atoms with Crippen molar-refractivity contribution in [2.24, 2.45) is 0 Å². The number of aliphatic carboxylic acids is 1. The normalized spacial score (nSPS) is 26.4. The highest BCUT2D eigenvalue weighted by Crippen LogP contribution is 2.39.